The molecule has 130 valence electrons. The van der Waals surface area contributed by atoms with Crippen LogP contribution in [0.3, 0.4) is 0 Å². The van der Waals surface area contributed by atoms with Gasteiger partial charge in [-0.2, -0.15) is 0 Å². The van der Waals surface area contributed by atoms with E-state index in [1.54, 1.807) is 6.07 Å². The molecule has 0 atom stereocenters. The van der Waals surface area contributed by atoms with E-state index in [0.29, 0.717) is 17.9 Å². The molecular formula is C20H20BrNO3. The lowest BCUT2D eigenvalue weighted by Gasteiger charge is -2.07. The van der Waals surface area contributed by atoms with E-state index in [1.165, 1.54) is 12.8 Å². The number of furan rings is 1. The molecule has 0 fully saturated rings. The Hall–Kier alpha value is -2.27. The first kappa shape index (κ1) is 17.5. The summed E-state index contributed by atoms with van der Waals surface area (Å²) >= 11 is 3.41. The van der Waals surface area contributed by atoms with Crippen molar-refractivity contribution in [3.63, 3.8) is 0 Å². The van der Waals surface area contributed by atoms with Gasteiger partial charge < -0.3 is 14.5 Å². The number of amides is 1. The van der Waals surface area contributed by atoms with Crippen molar-refractivity contribution in [1.82, 2.24) is 0 Å². The zero-order chi connectivity index (χ0) is 17.6. The number of fused-ring (bicyclic) bond motifs is 1. The third-order valence-corrected chi connectivity index (χ3v) is 4.32. The highest BCUT2D eigenvalue weighted by Crippen LogP contribution is 2.24. The molecule has 1 heterocycles. The Bertz CT molecular complexity index is 855. The largest absolute Gasteiger partial charge is 0.494 e. The SMILES string of the molecule is CCCCCOc1ccc(NC(=O)c2cc3cc(Br)ccc3o2)cc1. The predicted octanol–water partition coefficient (Wildman–Crippen LogP) is 6.02. The van der Waals surface area contributed by atoms with E-state index in [2.05, 4.69) is 28.2 Å². The van der Waals surface area contributed by atoms with Crippen molar-refractivity contribution in [2.24, 2.45) is 0 Å². The maximum atomic E-state index is 12.3. The molecule has 0 aliphatic heterocycles. The maximum Gasteiger partial charge on any atom is 0.291 e. The van der Waals surface area contributed by atoms with E-state index in [1.807, 2.05) is 42.5 Å². The fourth-order valence-electron chi connectivity index (χ4n) is 2.50. The molecule has 1 N–H and O–H groups in total. The van der Waals surface area contributed by atoms with Crippen molar-refractivity contribution in [2.75, 3.05) is 11.9 Å². The number of rotatable bonds is 7. The number of hydrogen-bond acceptors (Lipinski definition) is 3. The molecule has 2 aromatic carbocycles. The first-order chi connectivity index (χ1) is 12.2. The fraction of sp³-hybridized carbons (Fsp3) is 0.250. The molecule has 0 unspecified atom stereocenters. The average molecular weight is 402 g/mol. The lowest BCUT2D eigenvalue weighted by Crippen LogP contribution is -2.10. The van der Waals surface area contributed by atoms with E-state index in [9.17, 15) is 4.79 Å². The molecule has 1 amide bonds. The van der Waals surface area contributed by atoms with Gasteiger partial charge in [0.2, 0.25) is 0 Å². The van der Waals surface area contributed by atoms with Gasteiger partial charge in [-0.15, -0.1) is 0 Å². The Morgan fingerprint density at radius 2 is 1.92 bits per heavy atom. The minimum atomic E-state index is -0.274. The quantitative estimate of drug-likeness (QED) is 0.492. The standard InChI is InChI=1S/C20H20BrNO3/c1-2-3-4-11-24-17-8-6-16(7-9-17)22-20(23)19-13-14-12-15(21)5-10-18(14)25-19/h5-10,12-13H,2-4,11H2,1H3,(H,22,23). The van der Waals surface area contributed by atoms with E-state index >= 15 is 0 Å². The third-order valence-electron chi connectivity index (χ3n) is 3.83. The number of carbonyl (C=O) groups excluding carboxylic acids is 1. The van der Waals surface area contributed by atoms with Gasteiger partial charge in [0.05, 0.1) is 6.61 Å². The van der Waals surface area contributed by atoms with Crippen LogP contribution in [-0.4, -0.2) is 12.5 Å². The van der Waals surface area contributed by atoms with Crippen molar-refractivity contribution >= 4 is 38.5 Å². The highest BCUT2D eigenvalue weighted by atomic mass is 79.9. The number of unbranched alkanes of at least 4 members (excludes halogenated alkanes) is 2. The number of carbonyl (C=O) groups is 1. The van der Waals surface area contributed by atoms with Crippen molar-refractivity contribution < 1.29 is 13.9 Å². The second kappa shape index (κ2) is 8.21. The normalized spacial score (nSPS) is 10.8. The Morgan fingerprint density at radius 3 is 2.68 bits per heavy atom. The number of anilines is 1. The summed E-state index contributed by atoms with van der Waals surface area (Å²) in [5.41, 5.74) is 1.39. The van der Waals surface area contributed by atoms with Crippen LogP contribution in [0.2, 0.25) is 0 Å². The summed E-state index contributed by atoms with van der Waals surface area (Å²) < 4.78 is 12.2. The van der Waals surface area contributed by atoms with Crippen LogP contribution in [0.4, 0.5) is 5.69 Å². The summed E-state index contributed by atoms with van der Waals surface area (Å²) in [7, 11) is 0. The van der Waals surface area contributed by atoms with Crippen molar-refractivity contribution in [3.8, 4) is 5.75 Å². The molecular weight excluding hydrogens is 382 g/mol. The van der Waals surface area contributed by atoms with Crippen LogP contribution in [0, 0.1) is 0 Å². The number of nitrogens with one attached hydrogen (secondary N) is 1. The lowest BCUT2D eigenvalue weighted by atomic mass is 10.2. The summed E-state index contributed by atoms with van der Waals surface area (Å²) in [5.74, 6) is 0.819. The van der Waals surface area contributed by atoms with Crippen LogP contribution in [0.1, 0.15) is 36.7 Å². The van der Waals surface area contributed by atoms with Crippen LogP contribution < -0.4 is 10.1 Å². The second-order valence-corrected chi connectivity index (χ2v) is 6.74. The summed E-state index contributed by atoms with van der Waals surface area (Å²) in [6.07, 6.45) is 3.40. The van der Waals surface area contributed by atoms with E-state index in [0.717, 1.165) is 22.0 Å². The first-order valence-corrected chi connectivity index (χ1v) is 9.18. The van der Waals surface area contributed by atoms with Crippen LogP contribution in [0.15, 0.2) is 57.4 Å². The summed E-state index contributed by atoms with van der Waals surface area (Å²) in [4.78, 5) is 12.3. The minimum absolute atomic E-state index is 0.274. The Labute approximate surface area is 155 Å². The maximum absolute atomic E-state index is 12.3. The number of ether oxygens (including phenoxy) is 1. The van der Waals surface area contributed by atoms with Gasteiger partial charge in [0.15, 0.2) is 5.76 Å². The van der Waals surface area contributed by atoms with Gasteiger partial charge in [0, 0.05) is 15.5 Å². The molecule has 0 aliphatic rings. The number of hydrogen-bond donors (Lipinski definition) is 1. The summed E-state index contributed by atoms with van der Waals surface area (Å²) in [6, 6.07) is 14.7. The molecule has 4 nitrogen and oxygen atoms in total. The Balaban J connectivity index is 1.61. The average Bonchev–Trinajstić information content (AvgIpc) is 3.03. The van der Waals surface area contributed by atoms with Crippen molar-refractivity contribution in [1.29, 1.82) is 0 Å². The topological polar surface area (TPSA) is 51.5 Å². The van der Waals surface area contributed by atoms with E-state index in [-0.39, 0.29) is 11.7 Å². The minimum Gasteiger partial charge on any atom is -0.494 e. The van der Waals surface area contributed by atoms with Gasteiger partial charge in [0.25, 0.3) is 5.91 Å². The molecule has 0 saturated carbocycles. The Kier molecular flexibility index (Phi) is 5.76. The molecule has 0 bridgehead atoms. The van der Waals surface area contributed by atoms with E-state index < -0.39 is 0 Å². The van der Waals surface area contributed by atoms with Crippen LogP contribution >= 0.6 is 15.9 Å². The zero-order valence-corrected chi connectivity index (χ0v) is 15.6. The van der Waals surface area contributed by atoms with Crippen LogP contribution in [-0.2, 0) is 0 Å². The first-order valence-electron chi connectivity index (χ1n) is 8.39. The molecule has 25 heavy (non-hydrogen) atoms. The molecule has 3 aromatic rings. The summed E-state index contributed by atoms with van der Waals surface area (Å²) in [6.45, 7) is 2.88. The van der Waals surface area contributed by atoms with Gasteiger partial charge in [-0.1, -0.05) is 35.7 Å². The third kappa shape index (κ3) is 4.63. The summed E-state index contributed by atoms with van der Waals surface area (Å²) in [5, 5.41) is 3.72. The zero-order valence-electron chi connectivity index (χ0n) is 14.0. The van der Waals surface area contributed by atoms with Gasteiger partial charge in [0.1, 0.15) is 11.3 Å². The monoisotopic (exact) mass is 401 g/mol. The van der Waals surface area contributed by atoms with Crippen LogP contribution in [0.25, 0.3) is 11.0 Å². The molecule has 0 saturated heterocycles. The van der Waals surface area contributed by atoms with Crippen molar-refractivity contribution in [3.05, 3.63) is 58.8 Å². The molecule has 0 radical (unpaired) electrons. The van der Waals surface area contributed by atoms with Crippen LogP contribution in [0.5, 0.6) is 5.75 Å². The van der Waals surface area contributed by atoms with Gasteiger partial charge in [-0.3, -0.25) is 4.79 Å². The lowest BCUT2D eigenvalue weighted by molar-refractivity contribution is 0.0998. The van der Waals surface area contributed by atoms with Gasteiger partial charge in [-0.25, -0.2) is 0 Å². The second-order valence-electron chi connectivity index (χ2n) is 5.83. The molecule has 3 rings (SSSR count). The highest BCUT2D eigenvalue weighted by molar-refractivity contribution is 9.10. The molecule has 0 aliphatic carbocycles. The fourth-order valence-corrected chi connectivity index (χ4v) is 2.87. The van der Waals surface area contributed by atoms with Gasteiger partial charge >= 0.3 is 0 Å². The van der Waals surface area contributed by atoms with E-state index in [4.69, 9.17) is 9.15 Å². The molecule has 1 aromatic heterocycles. The Morgan fingerprint density at radius 1 is 1.12 bits per heavy atom. The number of benzene rings is 2. The highest BCUT2D eigenvalue weighted by Gasteiger charge is 2.12. The van der Waals surface area contributed by atoms with Gasteiger partial charge in [-0.05, 0) is 55.0 Å². The molecule has 5 heteroatoms. The van der Waals surface area contributed by atoms with Crippen molar-refractivity contribution in [2.45, 2.75) is 26.2 Å². The number of halogens is 1. The smallest absolute Gasteiger partial charge is 0.291 e. The predicted molar refractivity (Wildman–Crippen MR) is 103 cm³/mol. The molecule has 0 spiro atoms.